The number of rotatable bonds is 2. The second-order valence-corrected chi connectivity index (χ2v) is 3.10. The van der Waals surface area contributed by atoms with Gasteiger partial charge in [0.1, 0.15) is 5.82 Å². The summed E-state index contributed by atoms with van der Waals surface area (Å²) in [6.07, 6.45) is 3.10. The second-order valence-electron chi connectivity index (χ2n) is 3.10. The van der Waals surface area contributed by atoms with Gasteiger partial charge in [0.05, 0.1) is 6.26 Å². The predicted molar refractivity (Wildman–Crippen MR) is 55.6 cm³/mol. The normalized spacial score (nSPS) is 9.93. The first-order valence-corrected chi connectivity index (χ1v) is 4.54. The molecule has 2 heterocycles. The van der Waals surface area contributed by atoms with Crippen LogP contribution in [-0.2, 0) is 0 Å². The van der Waals surface area contributed by atoms with Crippen molar-refractivity contribution in [2.45, 2.75) is 6.92 Å². The fourth-order valence-electron chi connectivity index (χ4n) is 1.22. The average Bonchev–Trinajstić information content (AvgIpc) is 2.66. The molecule has 0 aliphatic carbocycles. The Kier molecular flexibility index (Phi) is 2.49. The van der Waals surface area contributed by atoms with E-state index >= 15 is 0 Å². The summed E-state index contributed by atoms with van der Waals surface area (Å²) in [5, 5.41) is 2.64. The molecule has 4 nitrogen and oxygen atoms in total. The molecule has 0 spiro atoms. The minimum atomic E-state index is -0.281. The summed E-state index contributed by atoms with van der Waals surface area (Å²) in [6.45, 7) is 1.82. The topological polar surface area (TPSA) is 55.1 Å². The Balaban J connectivity index is 2.15. The molecule has 0 fully saturated rings. The van der Waals surface area contributed by atoms with E-state index in [-0.39, 0.29) is 5.91 Å². The van der Waals surface area contributed by atoms with Crippen LogP contribution in [0.25, 0.3) is 0 Å². The molecule has 1 N–H and O–H groups in total. The molecular weight excluding hydrogens is 192 g/mol. The van der Waals surface area contributed by atoms with Crippen molar-refractivity contribution in [1.29, 1.82) is 0 Å². The molecule has 0 saturated heterocycles. The highest BCUT2D eigenvalue weighted by molar-refractivity contribution is 6.02. The van der Waals surface area contributed by atoms with Crippen LogP contribution < -0.4 is 5.32 Å². The number of aromatic nitrogens is 1. The Bertz CT molecular complexity index is 462. The number of carbonyl (C=O) groups excluding carboxylic acids is 1. The molecule has 2 rings (SSSR count). The van der Waals surface area contributed by atoms with Crippen LogP contribution in [0.3, 0.4) is 0 Å². The van der Waals surface area contributed by atoms with E-state index in [1.807, 2.05) is 6.92 Å². The number of aryl methyl sites for hydroxylation is 1. The number of furan rings is 1. The van der Waals surface area contributed by atoms with Crippen molar-refractivity contribution in [3.63, 3.8) is 0 Å². The van der Waals surface area contributed by atoms with Crippen LogP contribution in [0.2, 0.25) is 0 Å². The monoisotopic (exact) mass is 202 g/mol. The Labute approximate surface area is 86.9 Å². The predicted octanol–water partition coefficient (Wildman–Crippen LogP) is 2.24. The third-order valence-corrected chi connectivity index (χ3v) is 1.97. The average molecular weight is 202 g/mol. The van der Waals surface area contributed by atoms with Gasteiger partial charge in [-0.05, 0) is 25.1 Å². The zero-order chi connectivity index (χ0) is 10.7. The van der Waals surface area contributed by atoms with Gasteiger partial charge in [0.15, 0.2) is 5.76 Å². The van der Waals surface area contributed by atoms with Gasteiger partial charge in [-0.15, -0.1) is 0 Å². The summed E-state index contributed by atoms with van der Waals surface area (Å²) in [4.78, 5) is 15.6. The molecular formula is C11H10N2O2. The van der Waals surface area contributed by atoms with Gasteiger partial charge in [0.25, 0.3) is 5.91 Å². The van der Waals surface area contributed by atoms with Gasteiger partial charge < -0.3 is 9.73 Å². The molecule has 0 aliphatic heterocycles. The molecule has 15 heavy (non-hydrogen) atoms. The van der Waals surface area contributed by atoms with Crippen LogP contribution in [0.15, 0.2) is 41.1 Å². The summed E-state index contributed by atoms with van der Waals surface area (Å²) < 4.78 is 5.06. The largest absolute Gasteiger partial charge is 0.459 e. The molecule has 1 amide bonds. The number of hydrogen-bond donors (Lipinski definition) is 1. The van der Waals surface area contributed by atoms with Gasteiger partial charge in [-0.25, -0.2) is 4.98 Å². The molecule has 0 radical (unpaired) electrons. The minimum Gasteiger partial charge on any atom is -0.459 e. The lowest BCUT2D eigenvalue weighted by atomic mass is 10.3. The molecule has 4 heteroatoms. The van der Waals surface area contributed by atoms with Crippen LogP contribution in [0.1, 0.15) is 16.1 Å². The minimum absolute atomic E-state index is 0.281. The Morgan fingerprint density at radius 2 is 2.27 bits per heavy atom. The van der Waals surface area contributed by atoms with Crippen LogP contribution in [0.5, 0.6) is 0 Å². The van der Waals surface area contributed by atoms with E-state index < -0.39 is 0 Å². The van der Waals surface area contributed by atoms with Crippen molar-refractivity contribution in [1.82, 2.24) is 4.98 Å². The van der Waals surface area contributed by atoms with Gasteiger partial charge in [0.2, 0.25) is 0 Å². The number of hydrogen-bond acceptors (Lipinski definition) is 3. The number of anilines is 1. The second kappa shape index (κ2) is 3.96. The maximum absolute atomic E-state index is 11.7. The SMILES string of the molecule is Cc1ccoc1C(=O)Nc1ccccn1. The summed E-state index contributed by atoms with van der Waals surface area (Å²) in [5.74, 6) is 0.551. The number of carbonyl (C=O) groups is 1. The fourth-order valence-corrected chi connectivity index (χ4v) is 1.22. The fraction of sp³-hybridized carbons (Fsp3) is 0.0909. The number of pyridine rings is 1. The molecule has 2 aromatic heterocycles. The van der Waals surface area contributed by atoms with Gasteiger partial charge in [-0.2, -0.15) is 0 Å². The molecule has 76 valence electrons. The maximum Gasteiger partial charge on any atom is 0.292 e. The number of nitrogens with one attached hydrogen (secondary N) is 1. The smallest absolute Gasteiger partial charge is 0.292 e. The first kappa shape index (κ1) is 9.45. The van der Waals surface area contributed by atoms with E-state index in [4.69, 9.17) is 4.42 Å². The summed E-state index contributed by atoms with van der Waals surface area (Å²) in [6, 6.07) is 7.05. The molecule has 0 unspecified atom stereocenters. The van der Waals surface area contributed by atoms with E-state index in [0.717, 1.165) is 5.56 Å². The molecule has 0 atom stereocenters. The highest BCUT2D eigenvalue weighted by Crippen LogP contribution is 2.11. The molecule has 0 saturated carbocycles. The molecule has 0 aliphatic rings. The first-order chi connectivity index (χ1) is 7.27. The van der Waals surface area contributed by atoms with Crippen LogP contribution >= 0.6 is 0 Å². The molecule has 0 aromatic carbocycles. The Morgan fingerprint density at radius 1 is 1.40 bits per heavy atom. The summed E-state index contributed by atoms with van der Waals surface area (Å²) in [5.41, 5.74) is 0.809. The quantitative estimate of drug-likeness (QED) is 0.812. The van der Waals surface area contributed by atoms with Gasteiger partial charge in [-0.3, -0.25) is 4.79 Å². The van der Waals surface area contributed by atoms with Gasteiger partial charge >= 0.3 is 0 Å². The van der Waals surface area contributed by atoms with Gasteiger partial charge in [0, 0.05) is 11.8 Å². The van der Waals surface area contributed by atoms with Crippen molar-refractivity contribution < 1.29 is 9.21 Å². The Hall–Kier alpha value is -2.10. The maximum atomic E-state index is 11.7. The van der Waals surface area contributed by atoms with Gasteiger partial charge in [-0.1, -0.05) is 6.07 Å². The molecule has 2 aromatic rings. The van der Waals surface area contributed by atoms with Crippen molar-refractivity contribution in [3.05, 3.63) is 48.0 Å². The van der Waals surface area contributed by atoms with Crippen LogP contribution in [0, 0.1) is 6.92 Å². The van der Waals surface area contributed by atoms with Crippen molar-refractivity contribution in [3.8, 4) is 0 Å². The van der Waals surface area contributed by atoms with Crippen molar-refractivity contribution in [2.75, 3.05) is 5.32 Å². The standard InChI is InChI=1S/C11H10N2O2/c1-8-5-7-15-10(8)11(14)13-9-4-2-3-6-12-9/h2-7H,1H3,(H,12,13,14). The van der Waals surface area contributed by atoms with E-state index in [1.165, 1.54) is 6.26 Å². The molecule has 0 bridgehead atoms. The number of amides is 1. The van der Waals surface area contributed by atoms with Crippen molar-refractivity contribution >= 4 is 11.7 Å². The lowest BCUT2D eigenvalue weighted by molar-refractivity contribution is 0.0995. The number of nitrogens with zero attached hydrogens (tertiary/aromatic N) is 1. The zero-order valence-electron chi connectivity index (χ0n) is 8.23. The lowest BCUT2D eigenvalue weighted by Gasteiger charge is -2.01. The van der Waals surface area contributed by atoms with E-state index in [2.05, 4.69) is 10.3 Å². The highest BCUT2D eigenvalue weighted by atomic mass is 16.3. The van der Waals surface area contributed by atoms with E-state index in [9.17, 15) is 4.79 Å². The highest BCUT2D eigenvalue weighted by Gasteiger charge is 2.12. The third-order valence-electron chi connectivity index (χ3n) is 1.97. The summed E-state index contributed by atoms with van der Waals surface area (Å²) >= 11 is 0. The van der Waals surface area contributed by atoms with Crippen LogP contribution in [0.4, 0.5) is 5.82 Å². The third kappa shape index (κ3) is 2.04. The first-order valence-electron chi connectivity index (χ1n) is 4.54. The van der Waals surface area contributed by atoms with E-state index in [0.29, 0.717) is 11.6 Å². The van der Waals surface area contributed by atoms with Crippen molar-refractivity contribution in [2.24, 2.45) is 0 Å². The zero-order valence-corrected chi connectivity index (χ0v) is 8.23. The lowest BCUT2D eigenvalue weighted by Crippen LogP contribution is -2.12. The van der Waals surface area contributed by atoms with Crippen LogP contribution in [-0.4, -0.2) is 10.9 Å². The Morgan fingerprint density at radius 3 is 2.87 bits per heavy atom. The van der Waals surface area contributed by atoms with E-state index in [1.54, 1.807) is 30.5 Å². The summed E-state index contributed by atoms with van der Waals surface area (Å²) in [7, 11) is 0.